The molecular formula is C22H25N5O3S. The zero-order chi connectivity index (χ0) is 21.6. The monoisotopic (exact) mass is 439 g/mol. The minimum atomic E-state index is -0.266. The molecule has 0 aliphatic carbocycles. The number of hydrogen-bond donors (Lipinski definition) is 1. The predicted molar refractivity (Wildman–Crippen MR) is 121 cm³/mol. The second-order valence-corrected chi connectivity index (χ2v) is 9.70. The summed E-state index contributed by atoms with van der Waals surface area (Å²) < 4.78 is 11.4. The van der Waals surface area contributed by atoms with E-state index in [1.807, 2.05) is 33.0 Å². The normalized spacial score (nSPS) is 20.2. The van der Waals surface area contributed by atoms with Gasteiger partial charge in [-0.3, -0.25) is 4.79 Å². The molecule has 8 nitrogen and oxygen atoms in total. The average molecular weight is 440 g/mol. The minimum absolute atomic E-state index is 0.0129. The van der Waals surface area contributed by atoms with Crippen LogP contribution in [0.5, 0.6) is 5.88 Å². The zero-order valence-electron chi connectivity index (χ0n) is 17.8. The highest BCUT2D eigenvalue weighted by molar-refractivity contribution is 7.19. The number of thiazole rings is 1. The second-order valence-electron chi connectivity index (χ2n) is 8.67. The van der Waals surface area contributed by atoms with Gasteiger partial charge >= 0.3 is 0 Å². The fourth-order valence-corrected chi connectivity index (χ4v) is 5.03. The van der Waals surface area contributed by atoms with Crippen molar-refractivity contribution in [3.8, 4) is 16.3 Å². The molecule has 2 aliphatic heterocycles. The van der Waals surface area contributed by atoms with Crippen molar-refractivity contribution in [2.75, 3.05) is 37.0 Å². The number of carbonyl (C=O) groups is 1. The number of anilines is 2. The van der Waals surface area contributed by atoms with Gasteiger partial charge in [-0.05, 0) is 44.4 Å². The van der Waals surface area contributed by atoms with Crippen LogP contribution in [0.4, 0.5) is 10.8 Å². The number of nitrogens with one attached hydrogen (secondary N) is 1. The molecule has 2 aromatic heterocycles. The summed E-state index contributed by atoms with van der Waals surface area (Å²) in [5.74, 6) is 0.520. The standard InChI is InChI=1S/C22H25N5O3S/c1-22(2)11-14(6-8-30-22)19(28)24-21-23-12-17(31-21)13-4-5-16-15(10-13)18-20(26-25-16)29-9-7-27(18)3/h4-5,10,12,14H,6-9,11H2,1-3H3,(H,23,24,28). The first-order chi connectivity index (χ1) is 14.9. The molecule has 4 heterocycles. The molecule has 5 rings (SSSR count). The lowest BCUT2D eigenvalue weighted by Gasteiger charge is -2.34. The number of ether oxygens (including phenoxy) is 2. The van der Waals surface area contributed by atoms with E-state index in [1.165, 1.54) is 11.3 Å². The third-order valence-corrected chi connectivity index (χ3v) is 6.80. The summed E-state index contributed by atoms with van der Waals surface area (Å²) in [5, 5.41) is 13.1. The first kappa shape index (κ1) is 20.1. The molecule has 1 saturated heterocycles. The number of hydrogen-bond acceptors (Lipinski definition) is 8. The van der Waals surface area contributed by atoms with Crippen LogP contribution >= 0.6 is 11.3 Å². The minimum Gasteiger partial charge on any atom is -0.473 e. The van der Waals surface area contributed by atoms with E-state index in [1.54, 1.807) is 6.20 Å². The van der Waals surface area contributed by atoms with Crippen LogP contribution in [0.2, 0.25) is 0 Å². The van der Waals surface area contributed by atoms with E-state index < -0.39 is 0 Å². The van der Waals surface area contributed by atoms with Gasteiger partial charge in [0.05, 0.1) is 22.5 Å². The van der Waals surface area contributed by atoms with Crippen molar-refractivity contribution in [1.82, 2.24) is 15.2 Å². The Balaban J connectivity index is 1.39. The number of rotatable bonds is 3. The van der Waals surface area contributed by atoms with Crippen molar-refractivity contribution < 1.29 is 14.3 Å². The molecule has 9 heteroatoms. The highest BCUT2D eigenvalue weighted by Gasteiger charge is 2.33. The van der Waals surface area contributed by atoms with Gasteiger partial charge in [-0.2, -0.15) is 0 Å². The van der Waals surface area contributed by atoms with E-state index in [0.717, 1.165) is 40.0 Å². The van der Waals surface area contributed by atoms with Crippen LogP contribution in [0.15, 0.2) is 24.4 Å². The van der Waals surface area contributed by atoms with Gasteiger partial charge < -0.3 is 19.7 Å². The third-order valence-electron chi connectivity index (χ3n) is 5.84. The van der Waals surface area contributed by atoms with Crippen LogP contribution in [-0.4, -0.2) is 53.5 Å². The number of amides is 1. The number of fused-ring (bicyclic) bond motifs is 3. The molecule has 1 fully saturated rings. The molecule has 1 unspecified atom stereocenters. The number of benzene rings is 1. The van der Waals surface area contributed by atoms with E-state index in [4.69, 9.17) is 9.47 Å². The Labute approximate surface area is 184 Å². The van der Waals surface area contributed by atoms with Gasteiger partial charge in [-0.25, -0.2) is 4.98 Å². The van der Waals surface area contributed by atoms with Crippen molar-refractivity contribution in [2.24, 2.45) is 5.92 Å². The van der Waals surface area contributed by atoms with Crippen LogP contribution in [-0.2, 0) is 9.53 Å². The molecule has 0 saturated carbocycles. The summed E-state index contributed by atoms with van der Waals surface area (Å²) in [7, 11) is 2.03. The molecule has 2 aliphatic rings. The molecule has 1 aromatic carbocycles. The molecule has 0 bridgehead atoms. The zero-order valence-corrected chi connectivity index (χ0v) is 18.7. The maximum Gasteiger partial charge on any atom is 0.258 e. The van der Waals surface area contributed by atoms with E-state index in [2.05, 4.69) is 31.5 Å². The van der Waals surface area contributed by atoms with Gasteiger partial charge in [-0.1, -0.05) is 17.4 Å². The summed E-state index contributed by atoms with van der Waals surface area (Å²) in [4.78, 5) is 20.3. The fraction of sp³-hybridized carbons (Fsp3) is 0.455. The lowest BCUT2D eigenvalue weighted by atomic mass is 9.88. The van der Waals surface area contributed by atoms with Crippen LogP contribution in [0, 0.1) is 5.92 Å². The van der Waals surface area contributed by atoms with Gasteiger partial charge in [-0.15, -0.1) is 10.2 Å². The van der Waals surface area contributed by atoms with Gasteiger partial charge in [0.2, 0.25) is 5.91 Å². The Morgan fingerprint density at radius 3 is 3.00 bits per heavy atom. The summed E-state index contributed by atoms with van der Waals surface area (Å²) in [6.07, 6.45) is 3.25. The molecule has 162 valence electrons. The lowest BCUT2D eigenvalue weighted by Crippen LogP contribution is -2.39. The first-order valence-electron chi connectivity index (χ1n) is 10.4. The second kappa shape index (κ2) is 7.72. The average Bonchev–Trinajstić information content (AvgIpc) is 3.21. The predicted octanol–water partition coefficient (Wildman–Crippen LogP) is 3.73. The van der Waals surface area contributed by atoms with Crippen LogP contribution in [0.25, 0.3) is 21.3 Å². The Hall–Kier alpha value is -2.78. The van der Waals surface area contributed by atoms with Gasteiger partial charge in [0.25, 0.3) is 5.88 Å². The Morgan fingerprint density at radius 2 is 2.16 bits per heavy atom. The molecular weight excluding hydrogens is 414 g/mol. The largest absolute Gasteiger partial charge is 0.473 e. The van der Waals surface area contributed by atoms with Crippen molar-refractivity contribution in [3.05, 3.63) is 24.4 Å². The van der Waals surface area contributed by atoms with Gasteiger partial charge in [0.1, 0.15) is 12.3 Å². The highest BCUT2D eigenvalue weighted by Crippen LogP contribution is 2.38. The van der Waals surface area contributed by atoms with E-state index in [-0.39, 0.29) is 17.4 Å². The van der Waals surface area contributed by atoms with Gasteiger partial charge in [0.15, 0.2) is 5.13 Å². The van der Waals surface area contributed by atoms with Crippen molar-refractivity contribution in [1.29, 1.82) is 0 Å². The third kappa shape index (κ3) is 3.95. The lowest BCUT2D eigenvalue weighted by molar-refractivity contribution is -0.130. The summed E-state index contributed by atoms with van der Waals surface area (Å²) in [6, 6.07) is 6.06. The topological polar surface area (TPSA) is 89.5 Å². The molecule has 31 heavy (non-hydrogen) atoms. The van der Waals surface area contributed by atoms with Crippen molar-refractivity contribution >= 4 is 39.0 Å². The smallest absolute Gasteiger partial charge is 0.258 e. The van der Waals surface area contributed by atoms with Crippen LogP contribution in [0.1, 0.15) is 26.7 Å². The van der Waals surface area contributed by atoms with E-state index in [0.29, 0.717) is 30.6 Å². The SMILES string of the molecule is CN1CCOc2nnc3ccc(-c4cnc(NC(=O)C5CCOC(C)(C)C5)s4)cc3c21. The summed E-state index contributed by atoms with van der Waals surface area (Å²) in [5.41, 5.74) is 2.53. The molecule has 0 radical (unpaired) electrons. The van der Waals surface area contributed by atoms with E-state index in [9.17, 15) is 4.79 Å². The highest BCUT2D eigenvalue weighted by atomic mass is 32.1. The number of aromatic nitrogens is 3. The van der Waals surface area contributed by atoms with E-state index >= 15 is 0 Å². The molecule has 3 aromatic rings. The van der Waals surface area contributed by atoms with Crippen LogP contribution < -0.4 is 15.0 Å². The quantitative estimate of drug-likeness (QED) is 0.665. The number of carbonyl (C=O) groups excluding carboxylic acids is 1. The summed E-state index contributed by atoms with van der Waals surface area (Å²) >= 11 is 1.47. The molecule has 1 N–H and O–H groups in total. The Morgan fingerprint density at radius 1 is 1.29 bits per heavy atom. The first-order valence-corrected chi connectivity index (χ1v) is 11.3. The molecule has 1 atom stereocenters. The maximum atomic E-state index is 12.7. The fourth-order valence-electron chi connectivity index (χ4n) is 4.21. The molecule has 1 amide bonds. The number of likely N-dealkylation sites (N-methyl/N-ethyl adjacent to an activating group) is 1. The van der Waals surface area contributed by atoms with Gasteiger partial charge in [0, 0.05) is 31.2 Å². The summed E-state index contributed by atoms with van der Waals surface area (Å²) in [6.45, 7) is 6.07. The Kier molecular flexibility index (Phi) is 5.02. The van der Waals surface area contributed by atoms with Crippen molar-refractivity contribution in [3.63, 3.8) is 0 Å². The Bertz CT molecular complexity index is 1150. The van der Waals surface area contributed by atoms with Crippen molar-refractivity contribution in [2.45, 2.75) is 32.3 Å². The van der Waals surface area contributed by atoms with Crippen LogP contribution in [0.3, 0.4) is 0 Å². The maximum absolute atomic E-state index is 12.7. The number of nitrogens with zero attached hydrogens (tertiary/aromatic N) is 4. The molecule has 0 spiro atoms.